The summed E-state index contributed by atoms with van der Waals surface area (Å²) in [4.78, 5) is 51.8. The molecule has 13 nitrogen and oxygen atoms in total. The molecule has 0 radical (unpaired) electrons. The van der Waals surface area contributed by atoms with Crippen molar-refractivity contribution in [3.63, 3.8) is 0 Å². The Hall–Kier alpha value is -5.43. The van der Waals surface area contributed by atoms with Crippen LogP contribution in [0.15, 0.2) is 58.5 Å². The molecule has 3 aromatic rings. The largest absolute Gasteiger partial charge is 0.466 e. The number of carbonyl (C=O) groups is 3. The summed E-state index contributed by atoms with van der Waals surface area (Å²) in [5.74, 6) is -1.60. The predicted octanol–water partition coefficient (Wildman–Crippen LogP) is 3.29. The van der Waals surface area contributed by atoms with Crippen molar-refractivity contribution < 1.29 is 46.2 Å². The second-order valence-corrected chi connectivity index (χ2v) is 10.6. The van der Waals surface area contributed by atoms with Crippen molar-refractivity contribution in [1.29, 1.82) is 5.26 Å². The van der Waals surface area contributed by atoms with Gasteiger partial charge in [-0.15, -0.1) is 5.10 Å². The van der Waals surface area contributed by atoms with Crippen LogP contribution in [0.5, 0.6) is 0 Å². The first-order chi connectivity index (χ1) is 21.8. The van der Waals surface area contributed by atoms with Crippen LogP contribution in [0.3, 0.4) is 0 Å². The maximum Gasteiger partial charge on any atom is 0.416 e. The van der Waals surface area contributed by atoms with Gasteiger partial charge in [0.15, 0.2) is 6.54 Å². The van der Waals surface area contributed by atoms with Gasteiger partial charge in [-0.1, -0.05) is 12.1 Å². The van der Waals surface area contributed by atoms with E-state index in [-0.39, 0.29) is 65.9 Å². The molecule has 0 saturated carbocycles. The van der Waals surface area contributed by atoms with Crippen LogP contribution >= 0.6 is 0 Å². The summed E-state index contributed by atoms with van der Waals surface area (Å²) in [7, 11) is 2.73. The van der Waals surface area contributed by atoms with E-state index >= 15 is 0 Å². The molecule has 0 spiro atoms. The van der Waals surface area contributed by atoms with Crippen molar-refractivity contribution in [3.05, 3.63) is 86.5 Å². The molecule has 16 heteroatoms. The topological polar surface area (TPSA) is 157 Å². The summed E-state index contributed by atoms with van der Waals surface area (Å²) in [6.45, 7) is 2.85. The molecule has 0 fully saturated rings. The van der Waals surface area contributed by atoms with Gasteiger partial charge in [0.2, 0.25) is 12.7 Å². The number of aromatic amines is 1. The van der Waals surface area contributed by atoms with Gasteiger partial charge >= 0.3 is 23.8 Å². The number of nitriles is 1. The Bertz CT molecular complexity index is 1790. The average Bonchev–Trinajstić information content (AvgIpc) is 3.39. The molecule has 0 amide bonds. The summed E-state index contributed by atoms with van der Waals surface area (Å²) in [5.41, 5.74) is -0.880. The SMILES string of the molecule is CCOC(=O)C[N+](C)(COC=O)Cc1cc(C#N)ccc1[C@@H]1C(C(=O)OC)=C(C)N(c2cccc(C(F)(F)F)c2)c2n[nH]c(=O)n21. The Balaban J connectivity index is 1.98. The molecule has 1 aliphatic rings. The zero-order chi connectivity index (χ0) is 33.8. The van der Waals surface area contributed by atoms with E-state index in [1.54, 1.807) is 14.0 Å². The molecule has 46 heavy (non-hydrogen) atoms. The van der Waals surface area contributed by atoms with Gasteiger partial charge in [0.25, 0.3) is 6.47 Å². The van der Waals surface area contributed by atoms with Gasteiger partial charge in [0, 0.05) is 16.9 Å². The van der Waals surface area contributed by atoms with Crippen molar-refractivity contribution in [3.8, 4) is 6.07 Å². The number of fused-ring (bicyclic) bond motifs is 1. The number of H-pyrrole nitrogens is 1. The maximum absolute atomic E-state index is 13.7. The Morgan fingerprint density at radius 3 is 2.59 bits per heavy atom. The molecule has 0 aliphatic carbocycles. The first kappa shape index (κ1) is 33.5. The van der Waals surface area contributed by atoms with Crippen molar-refractivity contribution >= 4 is 30.0 Å². The molecule has 1 aromatic heterocycles. The van der Waals surface area contributed by atoms with Crippen molar-refractivity contribution in [2.75, 3.05) is 38.9 Å². The molecule has 1 N–H and O–H groups in total. The average molecular weight is 644 g/mol. The monoisotopic (exact) mass is 643 g/mol. The number of methoxy groups -OCH3 is 1. The lowest BCUT2D eigenvalue weighted by atomic mass is 9.89. The summed E-state index contributed by atoms with van der Waals surface area (Å²) in [6, 6.07) is 9.58. The van der Waals surface area contributed by atoms with Crippen molar-refractivity contribution in [2.45, 2.75) is 32.6 Å². The predicted molar refractivity (Wildman–Crippen MR) is 154 cm³/mol. The zero-order valence-electron chi connectivity index (χ0n) is 25.3. The number of ether oxygens (including phenoxy) is 3. The number of halogens is 3. The third-order valence-electron chi connectivity index (χ3n) is 7.37. The van der Waals surface area contributed by atoms with E-state index in [0.29, 0.717) is 11.1 Å². The number of alkyl halides is 3. The van der Waals surface area contributed by atoms with E-state index in [9.17, 15) is 37.6 Å². The van der Waals surface area contributed by atoms with Gasteiger partial charge in [-0.25, -0.2) is 24.0 Å². The minimum atomic E-state index is -4.68. The minimum Gasteiger partial charge on any atom is -0.466 e. The van der Waals surface area contributed by atoms with Crippen LogP contribution in [-0.4, -0.2) is 71.7 Å². The highest BCUT2D eigenvalue weighted by atomic mass is 19.4. The maximum atomic E-state index is 13.7. The number of allylic oxidation sites excluding steroid dienone is 1. The summed E-state index contributed by atoms with van der Waals surface area (Å²) >= 11 is 0. The van der Waals surface area contributed by atoms with Crippen LogP contribution in [0.25, 0.3) is 0 Å². The number of likely N-dealkylation sites (N-methyl/N-ethyl adjacent to an activating group) is 1. The van der Waals surface area contributed by atoms with Crippen LogP contribution in [0.1, 0.15) is 42.1 Å². The number of hydrogen-bond acceptors (Lipinski definition) is 10. The fourth-order valence-electron chi connectivity index (χ4n) is 5.44. The molecule has 2 heterocycles. The number of carbonyl (C=O) groups excluding carboxylic acids is 3. The first-order valence-electron chi connectivity index (χ1n) is 13.8. The van der Waals surface area contributed by atoms with Crippen molar-refractivity contribution in [2.24, 2.45) is 0 Å². The Labute approximate surface area is 260 Å². The van der Waals surface area contributed by atoms with Gasteiger partial charge in [-0.05, 0) is 49.7 Å². The number of quaternary nitrogens is 1. The Morgan fingerprint density at radius 1 is 1.22 bits per heavy atom. The third-order valence-corrected chi connectivity index (χ3v) is 7.37. The number of nitrogens with zero attached hydrogens (tertiary/aromatic N) is 5. The van der Waals surface area contributed by atoms with E-state index in [0.717, 1.165) is 23.8 Å². The second-order valence-electron chi connectivity index (χ2n) is 10.6. The molecule has 2 aromatic carbocycles. The lowest BCUT2D eigenvalue weighted by Gasteiger charge is -2.37. The quantitative estimate of drug-likeness (QED) is 0.108. The molecular formula is C30H30F3N6O7+. The van der Waals surface area contributed by atoms with Crippen molar-refractivity contribution in [1.82, 2.24) is 14.8 Å². The standard InChI is InChI=1S/C30H29F3N6O7/c1-5-46-24(41)15-39(3,16-45-17-40)14-20-11-19(13-34)9-10-23(20)26-25(27(42)44-4)18(2)37(28-35-36-29(43)38(26)28)22-8-6-7-21(12-22)30(31,32)33/h6-12,17,26H,5,14-16H2,1-4H3/p+1/t26-,39?/m1/s1. The second kappa shape index (κ2) is 13.3. The van der Waals surface area contributed by atoms with Crippen LogP contribution in [0, 0.1) is 11.3 Å². The molecule has 4 rings (SSSR count). The van der Waals surface area contributed by atoms with Gasteiger partial charge in [0.05, 0.1) is 43.5 Å². The summed E-state index contributed by atoms with van der Waals surface area (Å²) in [5, 5.41) is 16.1. The lowest BCUT2D eigenvalue weighted by Crippen LogP contribution is -2.49. The number of rotatable bonds is 11. The number of anilines is 2. The molecule has 0 saturated heterocycles. The smallest absolute Gasteiger partial charge is 0.416 e. The molecule has 242 valence electrons. The van der Waals surface area contributed by atoms with Gasteiger partial charge in [-0.3, -0.25) is 14.2 Å². The number of aromatic nitrogens is 3. The highest BCUT2D eigenvalue weighted by Gasteiger charge is 2.42. The Morgan fingerprint density at radius 2 is 1.96 bits per heavy atom. The molecule has 0 bridgehead atoms. The minimum absolute atomic E-state index is 0.0304. The summed E-state index contributed by atoms with van der Waals surface area (Å²) < 4.78 is 57.0. The number of esters is 2. The van der Waals surface area contributed by atoms with Gasteiger partial charge in [0.1, 0.15) is 12.6 Å². The molecular weight excluding hydrogens is 613 g/mol. The van der Waals surface area contributed by atoms with Gasteiger partial charge in [-0.2, -0.15) is 18.4 Å². The van der Waals surface area contributed by atoms with Crippen LogP contribution in [0.4, 0.5) is 24.8 Å². The fraction of sp³-hybridized carbons (Fsp3) is 0.333. The first-order valence-corrected chi connectivity index (χ1v) is 13.8. The van der Waals surface area contributed by atoms with Crippen LogP contribution in [0.2, 0.25) is 0 Å². The lowest BCUT2D eigenvalue weighted by molar-refractivity contribution is -0.931. The fourth-order valence-corrected chi connectivity index (χ4v) is 5.44. The van der Waals surface area contributed by atoms with E-state index < -0.39 is 35.4 Å². The number of nitrogens with one attached hydrogen (secondary N) is 1. The van der Waals surface area contributed by atoms with E-state index in [1.807, 2.05) is 6.07 Å². The third kappa shape index (κ3) is 6.64. The Kier molecular flexibility index (Phi) is 9.66. The normalized spacial score (nSPS) is 15.8. The van der Waals surface area contributed by atoms with E-state index in [4.69, 9.17) is 14.2 Å². The molecule has 2 atom stereocenters. The highest BCUT2D eigenvalue weighted by Crippen LogP contribution is 2.44. The van der Waals surface area contributed by atoms with Crippen LogP contribution in [-0.2, 0) is 41.3 Å². The van der Waals surface area contributed by atoms with E-state index in [2.05, 4.69) is 10.2 Å². The van der Waals surface area contributed by atoms with Gasteiger partial charge < -0.3 is 14.2 Å². The van der Waals surface area contributed by atoms with E-state index in [1.165, 1.54) is 42.2 Å². The summed E-state index contributed by atoms with van der Waals surface area (Å²) in [6.07, 6.45) is -4.68. The number of hydrogen-bond donors (Lipinski definition) is 1. The molecule has 1 unspecified atom stereocenters. The zero-order valence-corrected chi connectivity index (χ0v) is 25.3. The molecule has 1 aliphatic heterocycles. The van der Waals surface area contributed by atoms with Crippen LogP contribution < -0.4 is 10.6 Å². The number of benzene rings is 2. The highest BCUT2D eigenvalue weighted by molar-refractivity contribution is 5.93.